The molecule has 10 nitrogen and oxygen atoms in total. The number of hydrogen-bond acceptors (Lipinski definition) is 7. The van der Waals surface area contributed by atoms with Gasteiger partial charge in [-0.25, -0.2) is 4.79 Å². The van der Waals surface area contributed by atoms with E-state index in [0.29, 0.717) is 18.0 Å². The van der Waals surface area contributed by atoms with Crippen LogP contribution in [0.25, 0.3) is 0 Å². The van der Waals surface area contributed by atoms with Crippen molar-refractivity contribution in [3.8, 4) is 0 Å². The summed E-state index contributed by atoms with van der Waals surface area (Å²) < 4.78 is 11.3. The van der Waals surface area contributed by atoms with Crippen LogP contribution in [0.4, 0.5) is 4.79 Å². The highest BCUT2D eigenvalue weighted by atomic mass is 16.5. The molecule has 3 amide bonds. The summed E-state index contributed by atoms with van der Waals surface area (Å²) in [4.78, 5) is 44.6. The van der Waals surface area contributed by atoms with Crippen LogP contribution in [-0.2, 0) is 32.1 Å². The van der Waals surface area contributed by atoms with Crippen molar-refractivity contribution < 1.29 is 29.0 Å². The van der Waals surface area contributed by atoms with Gasteiger partial charge in [0.2, 0.25) is 12.1 Å². The van der Waals surface area contributed by atoms with Gasteiger partial charge in [0, 0.05) is 12.6 Å². The topological polar surface area (TPSA) is 139 Å². The molecule has 246 valence electrons. The smallest absolute Gasteiger partial charge is 0.408 e. The van der Waals surface area contributed by atoms with E-state index >= 15 is 0 Å². The molecule has 0 saturated heterocycles. The molecule has 0 radical (unpaired) electrons. The Bertz CT molecular complexity index is 1350. The fourth-order valence-electron chi connectivity index (χ4n) is 5.69. The minimum absolute atomic E-state index is 0.0365. The predicted molar refractivity (Wildman–Crippen MR) is 174 cm³/mol. The molecule has 4 N–H and O–H groups in total. The van der Waals surface area contributed by atoms with Crippen molar-refractivity contribution in [3.05, 3.63) is 102 Å². The van der Waals surface area contributed by atoms with Gasteiger partial charge in [-0.1, -0.05) is 98.8 Å². The molecule has 0 bridgehead atoms. The van der Waals surface area contributed by atoms with Gasteiger partial charge in [0.1, 0.15) is 18.8 Å². The lowest BCUT2D eigenvalue weighted by atomic mass is 9.83. The first-order valence-corrected chi connectivity index (χ1v) is 16.1. The summed E-state index contributed by atoms with van der Waals surface area (Å²) in [6, 6.07) is 22.0. The molecule has 2 aromatic carbocycles. The number of ether oxygens (including phenoxy) is 2. The molecule has 10 heteroatoms. The lowest BCUT2D eigenvalue weighted by Gasteiger charge is -2.32. The number of nitrogens with zero attached hydrogens (tertiary/aromatic N) is 1. The normalized spacial score (nSPS) is 16.1. The van der Waals surface area contributed by atoms with Crippen molar-refractivity contribution in [2.24, 2.45) is 5.92 Å². The number of benzene rings is 2. The van der Waals surface area contributed by atoms with Crippen molar-refractivity contribution in [2.75, 3.05) is 0 Å². The van der Waals surface area contributed by atoms with Crippen LogP contribution >= 0.6 is 0 Å². The number of aliphatic hydroxyl groups is 1. The number of pyridine rings is 1. The highest BCUT2D eigenvalue weighted by Crippen LogP contribution is 2.30. The van der Waals surface area contributed by atoms with Crippen molar-refractivity contribution in [3.63, 3.8) is 0 Å². The van der Waals surface area contributed by atoms with Gasteiger partial charge in [-0.05, 0) is 49.4 Å². The average Bonchev–Trinajstić information content (AvgIpc) is 3.07. The summed E-state index contributed by atoms with van der Waals surface area (Å²) in [7, 11) is 0. The van der Waals surface area contributed by atoms with E-state index in [9.17, 15) is 19.5 Å². The third kappa shape index (κ3) is 11.3. The second-order valence-electron chi connectivity index (χ2n) is 12.1. The van der Waals surface area contributed by atoms with Crippen LogP contribution in [0.1, 0.15) is 75.3 Å². The van der Waals surface area contributed by atoms with Crippen molar-refractivity contribution in [2.45, 2.75) is 95.9 Å². The molecule has 1 saturated carbocycles. The van der Waals surface area contributed by atoms with E-state index in [2.05, 4.69) is 20.9 Å². The van der Waals surface area contributed by atoms with E-state index in [1.54, 1.807) is 38.2 Å². The molecule has 0 spiro atoms. The Hall–Kier alpha value is -4.28. The van der Waals surface area contributed by atoms with Gasteiger partial charge in [0.05, 0.1) is 17.8 Å². The standard InChI is InChI=1S/C36H46N4O6/c1-25(2)46-35(34(43)38-30(22-26-14-6-3-7-15-26)32(41)29-20-12-13-21-37-29)40-33(42)31(23-27-16-8-4-9-17-27)39-36(44)45-24-28-18-10-5-11-19-28/h4-5,8-13,16-21,25-26,30-32,35,41H,3,6-7,14-15,22-24H2,1-2H3,(H,38,43)(H,39,44)(H,40,42)/t30-,31-,32-,35?/m0/s1. The summed E-state index contributed by atoms with van der Waals surface area (Å²) in [5.74, 6) is -0.865. The number of amides is 3. The molecular weight excluding hydrogens is 584 g/mol. The molecule has 1 aliphatic carbocycles. The second kappa shape index (κ2) is 18.0. The molecule has 0 aliphatic heterocycles. The average molecular weight is 631 g/mol. The van der Waals surface area contributed by atoms with Crippen LogP contribution in [0.15, 0.2) is 85.1 Å². The zero-order valence-electron chi connectivity index (χ0n) is 26.6. The highest BCUT2D eigenvalue weighted by molar-refractivity contribution is 5.91. The van der Waals surface area contributed by atoms with Gasteiger partial charge in [0.15, 0.2) is 0 Å². The van der Waals surface area contributed by atoms with E-state index in [0.717, 1.165) is 36.8 Å². The number of rotatable bonds is 15. The number of carbonyl (C=O) groups excluding carboxylic acids is 3. The maximum Gasteiger partial charge on any atom is 0.408 e. The van der Waals surface area contributed by atoms with Crippen molar-refractivity contribution in [1.29, 1.82) is 0 Å². The number of alkyl carbamates (subject to hydrolysis) is 1. The van der Waals surface area contributed by atoms with Gasteiger partial charge in [-0.15, -0.1) is 0 Å². The van der Waals surface area contributed by atoms with E-state index < -0.39 is 48.4 Å². The molecule has 46 heavy (non-hydrogen) atoms. The first kappa shape index (κ1) is 34.6. The summed E-state index contributed by atoms with van der Waals surface area (Å²) >= 11 is 0. The lowest BCUT2D eigenvalue weighted by Crippen LogP contribution is -2.57. The van der Waals surface area contributed by atoms with Crippen molar-refractivity contribution in [1.82, 2.24) is 20.9 Å². The highest BCUT2D eigenvalue weighted by Gasteiger charge is 2.33. The van der Waals surface area contributed by atoms with E-state index in [4.69, 9.17) is 9.47 Å². The second-order valence-corrected chi connectivity index (χ2v) is 12.1. The van der Waals surface area contributed by atoms with Crippen LogP contribution in [-0.4, -0.2) is 52.4 Å². The van der Waals surface area contributed by atoms with E-state index in [1.807, 2.05) is 60.7 Å². The summed E-state index contributed by atoms with van der Waals surface area (Å²) in [6.45, 7) is 3.56. The summed E-state index contributed by atoms with van der Waals surface area (Å²) in [6.07, 6.45) is 4.19. The number of nitrogens with one attached hydrogen (secondary N) is 3. The molecule has 1 aliphatic rings. The molecule has 1 fully saturated rings. The molecule has 3 aromatic rings. The Kier molecular flexibility index (Phi) is 13.5. The van der Waals surface area contributed by atoms with Gasteiger partial charge < -0.3 is 30.5 Å². The number of hydrogen-bond donors (Lipinski definition) is 4. The van der Waals surface area contributed by atoms with Crippen LogP contribution < -0.4 is 16.0 Å². The Balaban J connectivity index is 1.48. The van der Waals surface area contributed by atoms with Gasteiger partial charge in [-0.3, -0.25) is 14.6 Å². The fourth-order valence-corrected chi connectivity index (χ4v) is 5.69. The Morgan fingerprint density at radius 2 is 1.48 bits per heavy atom. The Morgan fingerprint density at radius 3 is 2.11 bits per heavy atom. The zero-order chi connectivity index (χ0) is 32.7. The predicted octanol–water partition coefficient (Wildman–Crippen LogP) is 4.98. The molecule has 1 aromatic heterocycles. The van der Waals surface area contributed by atoms with E-state index in [1.165, 1.54) is 6.42 Å². The molecule has 4 atom stereocenters. The Labute approximate surface area is 271 Å². The maximum absolute atomic E-state index is 13.8. The van der Waals surface area contributed by atoms with Gasteiger partial charge in [-0.2, -0.15) is 0 Å². The van der Waals surface area contributed by atoms with Crippen LogP contribution in [0.3, 0.4) is 0 Å². The number of aliphatic hydroxyl groups excluding tert-OH is 1. The van der Waals surface area contributed by atoms with Crippen LogP contribution in [0.2, 0.25) is 0 Å². The molecule has 1 unspecified atom stereocenters. The first-order valence-electron chi connectivity index (χ1n) is 16.1. The number of aromatic nitrogens is 1. The van der Waals surface area contributed by atoms with Crippen molar-refractivity contribution >= 4 is 17.9 Å². The molecule has 4 rings (SSSR count). The third-order valence-electron chi connectivity index (χ3n) is 8.04. The largest absolute Gasteiger partial charge is 0.445 e. The minimum atomic E-state index is -1.38. The SMILES string of the molecule is CC(C)OC(NC(=O)[C@H](Cc1ccccc1)NC(=O)OCc1ccccc1)C(=O)N[C@@H](CC1CCCCC1)[C@@H](O)c1ccccn1. The number of carbonyl (C=O) groups is 3. The zero-order valence-corrected chi connectivity index (χ0v) is 26.6. The quantitative estimate of drug-likeness (QED) is 0.174. The van der Waals surface area contributed by atoms with E-state index in [-0.39, 0.29) is 13.0 Å². The monoisotopic (exact) mass is 630 g/mol. The Morgan fingerprint density at radius 1 is 0.826 bits per heavy atom. The lowest BCUT2D eigenvalue weighted by molar-refractivity contribution is -0.146. The molecule has 1 heterocycles. The van der Waals surface area contributed by atoms with Crippen LogP contribution in [0, 0.1) is 5.92 Å². The minimum Gasteiger partial charge on any atom is -0.445 e. The first-order chi connectivity index (χ1) is 22.3. The third-order valence-corrected chi connectivity index (χ3v) is 8.04. The van der Waals surface area contributed by atoms with Gasteiger partial charge >= 0.3 is 6.09 Å². The summed E-state index contributed by atoms with van der Waals surface area (Å²) in [5, 5.41) is 19.6. The fraction of sp³-hybridized carbons (Fsp3) is 0.444. The van der Waals surface area contributed by atoms with Crippen LogP contribution in [0.5, 0.6) is 0 Å². The summed E-state index contributed by atoms with van der Waals surface area (Å²) in [5.41, 5.74) is 2.07. The molecular formula is C36H46N4O6. The maximum atomic E-state index is 13.8. The van der Waals surface area contributed by atoms with Gasteiger partial charge in [0.25, 0.3) is 5.91 Å².